The van der Waals surface area contributed by atoms with E-state index in [-0.39, 0.29) is 12.3 Å². The molecule has 0 fully saturated rings. The van der Waals surface area contributed by atoms with E-state index >= 15 is 0 Å². The van der Waals surface area contributed by atoms with Crippen LogP contribution in [0.4, 0.5) is 0 Å². The van der Waals surface area contributed by atoms with Crippen molar-refractivity contribution < 1.29 is 4.79 Å². The van der Waals surface area contributed by atoms with Crippen molar-refractivity contribution >= 4 is 6.41 Å². The summed E-state index contributed by atoms with van der Waals surface area (Å²) in [5.74, 6) is 0.190. The van der Waals surface area contributed by atoms with Crippen LogP contribution in [0.15, 0.2) is 0 Å². The molecule has 3 heteroatoms. The van der Waals surface area contributed by atoms with E-state index in [0.717, 1.165) is 0 Å². The van der Waals surface area contributed by atoms with Crippen LogP contribution in [0.1, 0.15) is 13.8 Å². The van der Waals surface area contributed by atoms with Crippen LogP contribution in [-0.4, -0.2) is 6.41 Å². The molecule has 2 N–H and O–H groups in total. The highest BCUT2D eigenvalue weighted by Crippen LogP contribution is 1.81. The Morgan fingerprint density at radius 3 is 1.88 bits per heavy atom. The number of hydrogen-bond donors (Lipinski definition) is 1. The van der Waals surface area contributed by atoms with Gasteiger partial charge < -0.3 is 5.73 Å². The summed E-state index contributed by atoms with van der Waals surface area (Å²) >= 11 is 0. The third-order valence-corrected chi connectivity index (χ3v) is 0.258. The summed E-state index contributed by atoms with van der Waals surface area (Å²) in [6, 6.07) is 2.03. The van der Waals surface area contributed by atoms with Crippen molar-refractivity contribution in [1.82, 2.24) is 0 Å². The summed E-state index contributed by atoms with van der Waals surface area (Å²) in [6.45, 7) is 3.72. The summed E-state index contributed by atoms with van der Waals surface area (Å²) in [5.41, 5.74) is 4.17. The minimum atomic E-state index is 0.190. The van der Waals surface area contributed by atoms with Gasteiger partial charge in [-0.2, -0.15) is 5.26 Å². The first-order valence-electron chi connectivity index (χ1n) is 2.24. The summed E-state index contributed by atoms with van der Waals surface area (Å²) < 4.78 is 0. The molecular weight excluding hydrogens is 104 g/mol. The minimum absolute atomic E-state index is 0.190. The second-order valence-corrected chi connectivity index (χ2v) is 1.42. The molecule has 0 aromatic carbocycles. The van der Waals surface area contributed by atoms with Crippen LogP contribution >= 0.6 is 0 Å². The van der Waals surface area contributed by atoms with Crippen molar-refractivity contribution in [3.05, 3.63) is 0 Å². The molecule has 0 aromatic rings. The van der Waals surface area contributed by atoms with Crippen LogP contribution < -0.4 is 5.73 Å². The van der Waals surface area contributed by atoms with E-state index in [4.69, 9.17) is 10.1 Å². The Bertz CT molecular complexity index is 82.9. The SMILES string of the molecule is CC(C)C#N.NC=O. The molecule has 0 aliphatic heterocycles. The molecule has 0 rings (SSSR count). The van der Waals surface area contributed by atoms with Gasteiger partial charge in [-0.3, -0.25) is 4.79 Å². The van der Waals surface area contributed by atoms with Gasteiger partial charge in [-0.15, -0.1) is 0 Å². The topological polar surface area (TPSA) is 66.9 Å². The number of carbonyl (C=O) groups excluding carboxylic acids is 1. The Labute approximate surface area is 49.1 Å². The lowest BCUT2D eigenvalue weighted by Gasteiger charge is -1.75. The molecule has 0 aromatic heterocycles. The fourth-order valence-electron chi connectivity index (χ4n) is 0. The van der Waals surface area contributed by atoms with Crippen molar-refractivity contribution in [2.24, 2.45) is 11.7 Å². The largest absolute Gasteiger partial charge is 0.372 e. The summed E-state index contributed by atoms with van der Waals surface area (Å²) in [6.07, 6.45) is 0.250. The number of nitrogens with zero attached hydrogens (tertiary/aromatic N) is 1. The van der Waals surface area contributed by atoms with Gasteiger partial charge in [0.05, 0.1) is 6.07 Å². The van der Waals surface area contributed by atoms with Gasteiger partial charge in [0.25, 0.3) is 0 Å². The smallest absolute Gasteiger partial charge is 0.204 e. The van der Waals surface area contributed by atoms with Crippen LogP contribution in [0.5, 0.6) is 0 Å². The molecule has 1 amide bonds. The molecule has 0 heterocycles. The fourth-order valence-corrected chi connectivity index (χ4v) is 0. The average molecular weight is 114 g/mol. The molecule has 0 bridgehead atoms. The highest BCUT2D eigenvalue weighted by molar-refractivity contribution is 5.42. The molecule has 0 saturated heterocycles. The summed E-state index contributed by atoms with van der Waals surface area (Å²) in [4.78, 5) is 8.58. The average Bonchev–Trinajstić information content (AvgIpc) is 1.69. The molecule has 46 valence electrons. The first-order valence-corrected chi connectivity index (χ1v) is 2.24. The van der Waals surface area contributed by atoms with Crippen LogP contribution in [-0.2, 0) is 4.79 Å². The Kier molecular flexibility index (Phi) is 11.7. The minimum Gasteiger partial charge on any atom is -0.372 e. The monoisotopic (exact) mass is 114 g/mol. The van der Waals surface area contributed by atoms with Crippen molar-refractivity contribution in [3.63, 3.8) is 0 Å². The maximum atomic E-state index is 8.58. The van der Waals surface area contributed by atoms with Gasteiger partial charge in [0.2, 0.25) is 6.41 Å². The van der Waals surface area contributed by atoms with Crippen molar-refractivity contribution in [2.45, 2.75) is 13.8 Å². The lowest BCUT2D eigenvalue weighted by Crippen LogP contribution is -1.82. The highest BCUT2D eigenvalue weighted by atomic mass is 16.1. The predicted octanol–water partition coefficient (Wildman–Crippen LogP) is 0.267. The molecule has 0 aliphatic carbocycles. The van der Waals surface area contributed by atoms with Crippen LogP contribution in [0.3, 0.4) is 0 Å². The Hall–Kier alpha value is -1.04. The first-order chi connectivity index (χ1) is 3.68. The van der Waals surface area contributed by atoms with Gasteiger partial charge in [-0.05, 0) is 13.8 Å². The second kappa shape index (κ2) is 9.35. The fraction of sp³-hybridized carbons (Fsp3) is 0.600. The third kappa shape index (κ3) is 84.4. The van der Waals surface area contributed by atoms with E-state index in [1.807, 2.05) is 19.9 Å². The number of primary amides is 1. The molecule has 3 nitrogen and oxygen atoms in total. The molecule has 8 heavy (non-hydrogen) atoms. The summed E-state index contributed by atoms with van der Waals surface area (Å²) in [5, 5.41) is 7.89. The van der Waals surface area contributed by atoms with Gasteiger partial charge in [0, 0.05) is 5.92 Å². The zero-order valence-corrected chi connectivity index (χ0v) is 5.09. The van der Waals surface area contributed by atoms with Gasteiger partial charge in [0.15, 0.2) is 0 Å². The van der Waals surface area contributed by atoms with E-state index in [1.54, 1.807) is 0 Å². The maximum absolute atomic E-state index is 8.58. The van der Waals surface area contributed by atoms with E-state index in [9.17, 15) is 0 Å². The molecule has 0 atom stereocenters. The van der Waals surface area contributed by atoms with Crippen molar-refractivity contribution in [1.29, 1.82) is 5.26 Å². The number of nitriles is 1. The lowest BCUT2D eigenvalue weighted by molar-refractivity contribution is -0.106. The predicted molar refractivity (Wildman–Crippen MR) is 30.7 cm³/mol. The Balaban J connectivity index is 0. The quantitative estimate of drug-likeness (QED) is 0.459. The molecule has 0 spiro atoms. The number of nitrogens with two attached hydrogens (primary N) is 1. The van der Waals surface area contributed by atoms with E-state index < -0.39 is 0 Å². The van der Waals surface area contributed by atoms with Gasteiger partial charge >= 0.3 is 0 Å². The van der Waals surface area contributed by atoms with E-state index in [2.05, 4.69) is 5.73 Å². The lowest BCUT2D eigenvalue weighted by atomic mass is 10.3. The Morgan fingerprint density at radius 2 is 1.88 bits per heavy atom. The molecule has 0 unspecified atom stereocenters. The second-order valence-electron chi connectivity index (χ2n) is 1.42. The van der Waals surface area contributed by atoms with Crippen LogP contribution in [0.25, 0.3) is 0 Å². The molecular formula is C5H10N2O. The first kappa shape index (κ1) is 10.0. The maximum Gasteiger partial charge on any atom is 0.204 e. The van der Waals surface area contributed by atoms with E-state index in [0.29, 0.717) is 0 Å². The molecule has 0 radical (unpaired) electrons. The van der Waals surface area contributed by atoms with Crippen LogP contribution in [0, 0.1) is 17.2 Å². The van der Waals surface area contributed by atoms with Gasteiger partial charge in [-0.25, -0.2) is 0 Å². The molecule has 0 saturated carbocycles. The van der Waals surface area contributed by atoms with E-state index in [1.165, 1.54) is 0 Å². The standard InChI is InChI=1S/C4H7N.CH3NO/c1-4(2)3-5;2-1-3/h4H,1-2H3;1H,(H2,2,3). The highest BCUT2D eigenvalue weighted by Gasteiger charge is 1.78. The normalized spacial score (nSPS) is 6.25. The van der Waals surface area contributed by atoms with Crippen LogP contribution in [0.2, 0.25) is 0 Å². The zero-order valence-electron chi connectivity index (χ0n) is 5.09. The zero-order chi connectivity index (χ0) is 6.99. The Morgan fingerprint density at radius 1 is 1.75 bits per heavy atom. The number of hydrogen-bond acceptors (Lipinski definition) is 2. The summed E-state index contributed by atoms with van der Waals surface area (Å²) in [7, 11) is 0. The van der Waals surface area contributed by atoms with Gasteiger partial charge in [-0.1, -0.05) is 0 Å². The number of amides is 1. The molecule has 0 aliphatic rings. The number of carbonyl (C=O) groups is 1. The van der Waals surface area contributed by atoms with Gasteiger partial charge in [0.1, 0.15) is 0 Å². The van der Waals surface area contributed by atoms with Crippen molar-refractivity contribution in [2.75, 3.05) is 0 Å². The third-order valence-electron chi connectivity index (χ3n) is 0.258. The van der Waals surface area contributed by atoms with Crippen molar-refractivity contribution in [3.8, 4) is 6.07 Å². The number of rotatable bonds is 0.